The lowest BCUT2D eigenvalue weighted by Crippen LogP contribution is -2.76. The summed E-state index contributed by atoms with van der Waals surface area (Å²) < 4.78 is 6.03. The van der Waals surface area contributed by atoms with Crippen LogP contribution in [-0.2, 0) is 14.9 Å². The summed E-state index contributed by atoms with van der Waals surface area (Å²) in [6.07, 6.45) is 1.32. The van der Waals surface area contributed by atoms with Crippen LogP contribution in [0.5, 0.6) is 0 Å². The van der Waals surface area contributed by atoms with E-state index < -0.39 is 11.7 Å². The number of aliphatic hydroxyl groups excluding tert-OH is 1. The first-order valence-electron chi connectivity index (χ1n) is 9.48. The third-order valence-electron chi connectivity index (χ3n) is 8.16. The number of carbonyl (C=O) groups excluding carboxylic acids is 1. The van der Waals surface area contributed by atoms with Crippen LogP contribution in [0.1, 0.15) is 25.3 Å². The van der Waals surface area contributed by atoms with Crippen molar-refractivity contribution in [1.29, 1.82) is 0 Å². The summed E-state index contributed by atoms with van der Waals surface area (Å²) in [6.45, 7) is 3.46. The van der Waals surface area contributed by atoms with Gasteiger partial charge in [0.1, 0.15) is 0 Å². The van der Waals surface area contributed by atoms with Gasteiger partial charge in [-0.15, -0.1) is 0 Å². The second-order valence-corrected chi connectivity index (χ2v) is 8.77. The van der Waals surface area contributed by atoms with E-state index in [-0.39, 0.29) is 23.2 Å². The molecule has 1 N–H and O–H groups in total. The van der Waals surface area contributed by atoms with Gasteiger partial charge in [-0.1, -0.05) is 18.2 Å². The van der Waals surface area contributed by atoms with E-state index in [1.54, 1.807) is 6.92 Å². The van der Waals surface area contributed by atoms with Crippen LogP contribution in [0.25, 0.3) is 0 Å². The Morgan fingerprint density at radius 1 is 1.36 bits per heavy atom. The molecule has 4 fully saturated rings. The highest BCUT2D eigenvalue weighted by Crippen LogP contribution is 2.67. The molecule has 25 heavy (non-hydrogen) atoms. The largest absolute Gasteiger partial charge is 0.454 e. The van der Waals surface area contributed by atoms with Crippen molar-refractivity contribution in [2.75, 3.05) is 25.0 Å². The normalized spacial score (nSPS) is 47.5. The summed E-state index contributed by atoms with van der Waals surface area (Å²) in [4.78, 5) is 18.1. The van der Waals surface area contributed by atoms with Crippen LogP contribution >= 0.6 is 0 Å². The molecule has 0 amide bonds. The van der Waals surface area contributed by atoms with Gasteiger partial charge in [-0.2, -0.15) is 0 Å². The molecule has 5 aliphatic rings. The molecule has 0 unspecified atom stereocenters. The first-order chi connectivity index (χ1) is 12.0. The van der Waals surface area contributed by atoms with Crippen molar-refractivity contribution in [3.63, 3.8) is 0 Å². The Kier molecular flexibility index (Phi) is 2.45. The minimum atomic E-state index is -0.716. The number of hydrogen-bond acceptors (Lipinski definition) is 5. The highest BCUT2D eigenvalue weighted by molar-refractivity contribution is 5.83. The number of fused-ring (bicyclic) bond motifs is 1. The number of likely N-dealkylation sites (N-methyl/N-ethyl adjacent to an activating group) is 1. The number of anilines is 1. The van der Waals surface area contributed by atoms with E-state index in [0.717, 1.165) is 19.4 Å². The van der Waals surface area contributed by atoms with Crippen LogP contribution in [0.2, 0.25) is 0 Å². The monoisotopic (exact) mass is 340 g/mol. The number of nitrogens with zero attached hydrogens (tertiary/aromatic N) is 2. The Hall–Kier alpha value is -1.59. The quantitative estimate of drug-likeness (QED) is 0.777. The van der Waals surface area contributed by atoms with Gasteiger partial charge in [0.15, 0.2) is 5.60 Å². The van der Waals surface area contributed by atoms with Crippen molar-refractivity contribution >= 4 is 11.7 Å². The number of hydrogen-bond donors (Lipinski definition) is 1. The maximum Gasteiger partial charge on any atom is 0.311 e. The second kappa shape index (κ2) is 4.21. The van der Waals surface area contributed by atoms with E-state index in [2.05, 4.69) is 41.1 Å². The maximum atomic E-state index is 13.2. The Labute approximate surface area is 147 Å². The van der Waals surface area contributed by atoms with Crippen molar-refractivity contribution in [2.45, 2.75) is 49.0 Å². The van der Waals surface area contributed by atoms with Crippen molar-refractivity contribution in [3.8, 4) is 0 Å². The minimum absolute atomic E-state index is 0.0804. The zero-order chi connectivity index (χ0) is 17.1. The summed E-state index contributed by atoms with van der Waals surface area (Å²) in [5.74, 6) is -0.0857. The molecular weight excluding hydrogens is 316 g/mol. The Morgan fingerprint density at radius 3 is 2.96 bits per heavy atom. The van der Waals surface area contributed by atoms with Gasteiger partial charge in [0.25, 0.3) is 0 Å². The molecule has 132 valence electrons. The predicted molar refractivity (Wildman–Crippen MR) is 92.4 cm³/mol. The van der Waals surface area contributed by atoms with Crippen LogP contribution in [0, 0.1) is 11.8 Å². The Balaban J connectivity index is 1.64. The first-order valence-corrected chi connectivity index (χ1v) is 9.48. The Bertz CT molecular complexity index is 795. The van der Waals surface area contributed by atoms with Crippen LogP contribution in [-0.4, -0.2) is 59.9 Å². The fraction of sp³-hybridized carbons (Fsp3) is 0.650. The zero-order valence-corrected chi connectivity index (χ0v) is 14.7. The molecule has 1 aromatic carbocycles. The van der Waals surface area contributed by atoms with Crippen molar-refractivity contribution in [3.05, 3.63) is 29.8 Å². The third kappa shape index (κ3) is 1.34. The zero-order valence-electron chi connectivity index (χ0n) is 14.7. The van der Waals surface area contributed by atoms with Gasteiger partial charge in [0.2, 0.25) is 0 Å². The van der Waals surface area contributed by atoms with Gasteiger partial charge < -0.3 is 14.7 Å². The lowest BCUT2D eigenvalue weighted by molar-refractivity contribution is -0.179. The van der Waals surface area contributed by atoms with Crippen LogP contribution in [0.3, 0.4) is 0 Å². The Morgan fingerprint density at radius 2 is 2.16 bits per heavy atom. The third-order valence-corrected chi connectivity index (χ3v) is 8.16. The van der Waals surface area contributed by atoms with Gasteiger partial charge in [-0.05, 0) is 37.9 Å². The second-order valence-electron chi connectivity index (χ2n) is 8.77. The van der Waals surface area contributed by atoms with Gasteiger partial charge in [0, 0.05) is 36.7 Å². The predicted octanol–water partition coefficient (Wildman–Crippen LogP) is 1.14. The number of rotatable bonds is 1. The van der Waals surface area contributed by atoms with Crippen LogP contribution in [0.15, 0.2) is 24.3 Å². The minimum Gasteiger partial charge on any atom is -0.454 e. The van der Waals surface area contributed by atoms with E-state index in [0.29, 0.717) is 18.6 Å². The molecule has 4 heterocycles. The molecule has 1 saturated carbocycles. The molecule has 1 aromatic rings. The average Bonchev–Trinajstić information content (AvgIpc) is 3.07. The van der Waals surface area contributed by atoms with Gasteiger partial charge in [-0.3, -0.25) is 9.69 Å². The van der Waals surface area contributed by atoms with E-state index in [1.807, 2.05) is 0 Å². The number of esters is 1. The molecule has 5 nitrogen and oxygen atoms in total. The fourth-order valence-corrected chi connectivity index (χ4v) is 7.32. The van der Waals surface area contributed by atoms with E-state index in [1.165, 1.54) is 11.3 Å². The topological polar surface area (TPSA) is 53.0 Å². The lowest BCUT2D eigenvalue weighted by Gasteiger charge is -2.63. The number of aliphatic hydroxyl groups is 1. The van der Waals surface area contributed by atoms with Crippen LogP contribution in [0.4, 0.5) is 5.69 Å². The molecule has 4 aliphatic heterocycles. The summed E-state index contributed by atoms with van der Waals surface area (Å²) in [7, 11) is 2.19. The number of carbonyl (C=O) groups is 1. The van der Waals surface area contributed by atoms with Gasteiger partial charge in [0.05, 0.1) is 18.1 Å². The molecule has 1 aliphatic carbocycles. The van der Waals surface area contributed by atoms with E-state index in [4.69, 9.17) is 4.74 Å². The van der Waals surface area contributed by atoms with Crippen molar-refractivity contribution < 1.29 is 14.6 Å². The number of para-hydroxylation sites is 1. The molecule has 5 heteroatoms. The summed E-state index contributed by atoms with van der Waals surface area (Å²) in [5.41, 5.74) is 1.71. The molecule has 3 saturated heterocycles. The molecule has 0 radical (unpaired) electrons. The van der Waals surface area contributed by atoms with Crippen molar-refractivity contribution in [1.82, 2.24) is 4.90 Å². The lowest BCUT2D eigenvalue weighted by atomic mass is 9.49. The highest BCUT2D eigenvalue weighted by Gasteiger charge is 2.76. The smallest absolute Gasteiger partial charge is 0.311 e. The number of ether oxygens (including phenoxy) is 1. The molecular formula is C20H24N2O3. The van der Waals surface area contributed by atoms with Crippen LogP contribution < -0.4 is 4.90 Å². The molecule has 3 bridgehead atoms. The SMILES string of the molecule is C[C@@H](O)[C@@]12CN3CC[C@@]45c6ccccc6N(C)[C@H]4[C@@H]3C[C@@H]1[C@H]5C(=O)O2. The maximum absolute atomic E-state index is 13.2. The molecule has 0 aromatic heterocycles. The molecule has 6 rings (SSSR count). The van der Waals surface area contributed by atoms with E-state index >= 15 is 0 Å². The summed E-state index contributed by atoms with van der Waals surface area (Å²) in [5, 5.41) is 10.6. The standard InChI is InChI=1S/C20H24N2O3/c1-11(23)20-10-22-8-7-19-12-5-3-4-6-14(12)21(2)17(19)15(22)9-13(20)16(19)18(24)25-20/h3-6,11,13,15-17,23H,7-10H2,1-2H3/t11-,13-,15+,16+,17+,19+,20+/m1/s1. The summed E-state index contributed by atoms with van der Waals surface area (Å²) in [6, 6.07) is 9.37. The van der Waals surface area contributed by atoms with Gasteiger partial charge in [-0.25, -0.2) is 0 Å². The average molecular weight is 340 g/mol. The number of piperidine rings is 2. The van der Waals surface area contributed by atoms with E-state index in [9.17, 15) is 9.90 Å². The number of benzene rings is 1. The van der Waals surface area contributed by atoms with Gasteiger partial charge >= 0.3 is 5.97 Å². The van der Waals surface area contributed by atoms with Crippen molar-refractivity contribution in [2.24, 2.45) is 11.8 Å². The first kappa shape index (κ1) is 14.6. The summed E-state index contributed by atoms with van der Waals surface area (Å²) >= 11 is 0. The fourth-order valence-electron chi connectivity index (χ4n) is 7.32. The molecule has 0 spiro atoms. The molecule has 7 atom stereocenters. The highest BCUT2D eigenvalue weighted by atomic mass is 16.6.